The van der Waals surface area contributed by atoms with Crippen LogP contribution in [0.3, 0.4) is 0 Å². The minimum atomic E-state index is -0.374. The molecule has 2 aromatic rings. The molecule has 6 heteroatoms. The molecule has 6 N–H and O–H groups in total. The molecule has 0 atom stereocenters. The summed E-state index contributed by atoms with van der Waals surface area (Å²) in [6, 6.07) is 14.7. The van der Waals surface area contributed by atoms with Crippen molar-refractivity contribution in [3.05, 3.63) is 48.5 Å². The molecule has 6 nitrogen and oxygen atoms in total. The number of benzene rings is 2. The first-order valence-corrected chi connectivity index (χ1v) is 9.45. The monoisotopic (exact) mass is 400 g/mol. The fraction of sp³-hybridized carbons (Fsp3) is 0.391. The number of amides is 1. The zero-order valence-electron chi connectivity index (χ0n) is 18.7. The summed E-state index contributed by atoms with van der Waals surface area (Å²) in [5.41, 5.74) is 13.8. The van der Waals surface area contributed by atoms with Crippen LogP contribution in [-0.2, 0) is 9.59 Å². The van der Waals surface area contributed by atoms with E-state index >= 15 is 0 Å². The Morgan fingerprint density at radius 2 is 1.14 bits per heavy atom. The van der Waals surface area contributed by atoms with Crippen molar-refractivity contribution in [3.63, 3.8) is 0 Å². The van der Waals surface area contributed by atoms with E-state index in [1.54, 1.807) is 24.3 Å². The van der Waals surface area contributed by atoms with Gasteiger partial charge in [0, 0.05) is 40.6 Å². The molecule has 0 saturated carbocycles. The van der Waals surface area contributed by atoms with Gasteiger partial charge in [-0.15, -0.1) is 0 Å². The first-order chi connectivity index (χ1) is 13.3. The second kappa shape index (κ2) is 11.7. The third kappa shape index (κ3) is 12.9. The van der Waals surface area contributed by atoms with Crippen molar-refractivity contribution < 1.29 is 9.59 Å². The predicted molar refractivity (Wildman–Crippen MR) is 125 cm³/mol. The lowest BCUT2D eigenvalue weighted by Crippen LogP contribution is -2.27. The number of nitrogens with two attached hydrogens (primary N) is 2. The van der Waals surface area contributed by atoms with Gasteiger partial charge in [-0.2, -0.15) is 0 Å². The van der Waals surface area contributed by atoms with E-state index in [1.807, 2.05) is 72.9 Å². The lowest BCUT2D eigenvalue weighted by atomic mass is 9.95. The van der Waals surface area contributed by atoms with E-state index in [4.69, 9.17) is 11.5 Å². The number of carbonyl (C=O) groups is 2. The zero-order chi connectivity index (χ0) is 22.7. The number of hydrogen-bond donors (Lipinski definition) is 4. The number of hydrogen-bond acceptors (Lipinski definition) is 5. The Morgan fingerprint density at radius 3 is 1.41 bits per heavy atom. The van der Waals surface area contributed by atoms with Crippen LogP contribution in [0.4, 0.5) is 22.7 Å². The van der Waals surface area contributed by atoms with Crippen LogP contribution in [-0.4, -0.2) is 19.2 Å². The fourth-order valence-electron chi connectivity index (χ4n) is 1.53. The molecule has 0 unspecified atom stereocenters. The van der Waals surface area contributed by atoms with Gasteiger partial charge >= 0.3 is 0 Å². The summed E-state index contributed by atoms with van der Waals surface area (Å²) < 4.78 is 0. The van der Waals surface area contributed by atoms with E-state index in [0.717, 1.165) is 23.3 Å². The van der Waals surface area contributed by atoms with Gasteiger partial charge in [0.05, 0.1) is 0 Å². The number of rotatable bonds is 2. The van der Waals surface area contributed by atoms with Gasteiger partial charge in [-0.3, -0.25) is 4.79 Å². The van der Waals surface area contributed by atoms with Crippen molar-refractivity contribution in [2.45, 2.75) is 41.5 Å². The van der Waals surface area contributed by atoms with E-state index in [-0.39, 0.29) is 16.7 Å². The van der Waals surface area contributed by atoms with E-state index in [1.165, 1.54) is 0 Å². The highest BCUT2D eigenvalue weighted by Crippen LogP contribution is 2.18. The summed E-state index contributed by atoms with van der Waals surface area (Å²) in [5, 5.41) is 5.81. The average Bonchev–Trinajstić information content (AvgIpc) is 2.64. The Balaban J connectivity index is 0.000000448. The first-order valence-electron chi connectivity index (χ1n) is 9.45. The molecule has 160 valence electrons. The maximum atomic E-state index is 11.6. The Labute approximate surface area is 175 Å². The van der Waals surface area contributed by atoms with Crippen LogP contribution in [0.5, 0.6) is 0 Å². The van der Waals surface area contributed by atoms with Crippen LogP contribution in [0.15, 0.2) is 48.5 Å². The summed E-state index contributed by atoms with van der Waals surface area (Å²) in [7, 11) is 1.88. The summed E-state index contributed by atoms with van der Waals surface area (Å²) in [6.45, 7) is 11.2. The highest BCUT2D eigenvalue weighted by atomic mass is 16.2. The van der Waals surface area contributed by atoms with Crippen molar-refractivity contribution in [2.24, 2.45) is 10.8 Å². The Kier molecular flexibility index (Phi) is 10.5. The molecule has 0 fully saturated rings. The molecular formula is C23H36N4O2. The van der Waals surface area contributed by atoms with Gasteiger partial charge in [0.2, 0.25) is 5.91 Å². The molecule has 0 heterocycles. The molecule has 2 rings (SSSR count). The molecule has 0 bridgehead atoms. The minimum absolute atomic E-state index is 0.00210. The van der Waals surface area contributed by atoms with Crippen LogP contribution >= 0.6 is 0 Å². The zero-order valence-corrected chi connectivity index (χ0v) is 18.7. The normalized spacial score (nSPS) is 10.4. The smallest absolute Gasteiger partial charge is 0.229 e. The van der Waals surface area contributed by atoms with Crippen LogP contribution in [0.1, 0.15) is 41.5 Å². The minimum Gasteiger partial charge on any atom is -0.399 e. The molecule has 0 aliphatic rings. The highest BCUT2D eigenvalue weighted by molar-refractivity contribution is 5.94. The van der Waals surface area contributed by atoms with Crippen molar-refractivity contribution in [2.75, 3.05) is 29.1 Å². The Morgan fingerprint density at radius 1 is 0.793 bits per heavy atom. The summed E-state index contributed by atoms with van der Waals surface area (Å²) in [6.07, 6.45) is 0.938. The van der Waals surface area contributed by atoms with Gasteiger partial charge in [0.25, 0.3) is 0 Å². The van der Waals surface area contributed by atoms with Gasteiger partial charge in [0.1, 0.15) is 6.29 Å². The van der Waals surface area contributed by atoms with Crippen LogP contribution in [0.25, 0.3) is 0 Å². The third-order valence-electron chi connectivity index (χ3n) is 3.40. The van der Waals surface area contributed by atoms with E-state index < -0.39 is 0 Å². The number of nitrogens with one attached hydrogen (secondary N) is 2. The maximum absolute atomic E-state index is 11.6. The van der Waals surface area contributed by atoms with Crippen LogP contribution < -0.4 is 22.1 Å². The average molecular weight is 401 g/mol. The second-order valence-corrected chi connectivity index (χ2v) is 8.68. The lowest BCUT2D eigenvalue weighted by Gasteiger charge is -2.17. The molecule has 29 heavy (non-hydrogen) atoms. The summed E-state index contributed by atoms with van der Waals surface area (Å²) in [4.78, 5) is 21.4. The number of aldehydes is 1. The lowest BCUT2D eigenvalue weighted by molar-refractivity contribution is -0.123. The van der Waals surface area contributed by atoms with E-state index in [2.05, 4.69) is 10.6 Å². The van der Waals surface area contributed by atoms with Crippen LogP contribution in [0, 0.1) is 10.8 Å². The third-order valence-corrected chi connectivity index (χ3v) is 3.40. The van der Waals surface area contributed by atoms with Crippen molar-refractivity contribution in [1.82, 2.24) is 0 Å². The molecule has 0 saturated heterocycles. The van der Waals surface area contributed by atoms with Gasteiger partial charge in [0.15, 0.2) is 0 Å². The number of nitrogen functional groups attached to an aromatic ring is 2. The predicted octanol–water partition coefficient (Wildman–Crippen LogP) is 4.80. The molecule has 0 aliphatic carbocycles. The molecule has 0 radical (unpaired) electrons. The molecular weight excluding hydrogens is 364 g/mol. The van der Waals surface area contributed by atoms with E-state index in [0.29, 0.717) is 5.69 Å². The maximum Gasteiger partial charge on any atom is 0.229 e. The summed E-state index contributed by atoms with van der Waals surface area (Å²) >= 11 is 0. The van der Waals surface area contributed by atoms with Crippen molar-refractivity contribution >= 4 is 34.9 Å². The SMILES string of the molecule is CC(C)(C)C(=O)Nc1ccc(N)cc1.CC(C)(C)C=O.CNc1ccc(N)cc1. The molecule has 2 aromatic carbocycles. The topological polar surface area (TPSA) is 110 Å². The van der Waals surface area contributed by atoms with E-state index in [9.17, 15) is 9.59 Å². The van der Waals surface area contributed by atoms with Crippen LogP contribution in [0.2, 0.25) is 0 Å². The molecule has 0 aromatic heterocycles. The summed E-state index contributed by atoms with van der Waals surface area (Å²) in [5.74, 6) is 0.00210. The van der Waals surface area contributed by atoms with Gasteiger partial charge in [-0.1, -0.05) is 41.5 Å². The van der Waals surface area contributed by atoms with Gasteiger partial charge in [-0.05, 0) is 48.5 Å². The quantitative estimate of drug-likeness (QED) is 0.428. The van der Waals surface area contributed by atoms with Crippen molar-refractivity contribution in [1.29, 1.82) is 0 Å². The second-order valence-electron chi connectivity index (χ2n) is 8.68. The first kappa shape index (κ1) is 26.0. The molecule has 0 spiro atoms. The molecule has 1 amide bonds. The number of anilines is 4. The van der Waals surface area contributed by atoms with Gasteiger partial charge in [-0.25, -0.2) is 0 Å². The standard InChI is InChI=1S/C11H16N2O.C7H10N2.C5H10O/c1-11(2,3)10(14)13-9-6-4-8(12)5-7-9;1-9-7-4-2-6(8)3-5-7;1-5(2,3)4-6/h4-7H,12H2,1-3H3,(H,13,14);2-5,9H,8H2,1H3;4H,1-3H3. The highest BCUT2D eigenvalue weighted by Gasteiger charge is 2.20. The Bertz CT molecular complexity index is 740. The molecule has 0 aliphatic heterocycles. The fourth-order valence-corrected chi connectivity index (χ4v) is 1.53. The Hall–Kier alpha value is -3.02. The van der Waals surface area contributed by atoms with Gasteiger partial charge < -0.3 is 26.9 Å². The largest absolute Gasteiger partial charge is 0.399 e. The van der Waals surface area contributed by atoms with Crippen molar-refractivity contribution in [3.8, 4) is 0 Å². The number of carbonyl (C=O) groups excluding carboxylic acids is 2.